The van der Waals surface area contributed by atoms with E-state index < -0.39 is 21.7 Å². The van der Waals surface area contributed by atoms with E-state index in [0.717, 1.165) is 11.3 Å². The number of carboxylic acid groups (broad SMARTS) is 1. The summed E-state index contributed by atoms with van der Waals surface area (Å²) in [6.45, 7) is 0. The molecule has 0 aliphatic heterocycles. The summed E-state index contributed by atoms with van der Waals surface area (Å²) in [6.07, 6.45) is 1.25. The van der Waals surface area contributed by atoms with Gasteiger partial charge in [-0.3, -0.25) is 4.72 Å². The third-order valence-corrected chi connectivity index (χ3v) is 5.29. The topological polar surface area (TPSA) is 96.4 Å². The number of halogens is 2. The fraction of sp³-hybridized carbons (Fsp3) is 0. The number of nitrogens with zero attached hydrogens (tertiary/aromatic N) is 1. The van der Waals surface area contributed by atoms with Gasteiger partial charge >= 0.3 is 5.97 Å². The molecule has 0 saturated heterocycles. The lowest BCUT2D eigenvalue weighted by molar-refractivity contribution is 0.0692. The highest BCUT2D eigenvalue weighted by Crippen LogP contribution is 2.35. The molecule has 0 aromatic carbocycles. The lowest BCUT2D eigenvalue weighted by atomic mass is 10.3. The van der Waals surface area contributed by atoms with Crippen LogP contribution in [0.25, 0.3) is 0 Å². The summed E-state index contributed by atoms with van der Waals surface area (Å²) in [5, 5.41) is 8.95. The van der Waals surface area contributed by atoms with Crippen molar-refractivity contribution < 1.29 is 18.3 Å². The molecule has 6 nitrogen and oxygen atoms in total. The Balaban J connectivity index is 2.44. The van der Waals surface area contributed by atoms with E-state index in [1.807, 2.05) is 0 Å². The van der Waals surface area contributed by atoms with Crippen LogP contribution in [0.3, 0.4) is 0 Å². The summed E-state index contributed by atoms with van der Waals surface area (Å²) in [5.74, 6) is -1.35. The lowest BCUT2D eigenvalue weighted by Gasteiger charge is -2.08. The van der Waals surface area contributed by atoms with E-state index in [-0.39, 0.29) is 19.3 Å². The molecular weight excluding hydrogens is 347 g/mol. The van der Waals surface area contributed by atoms with Crippen LogP contribution in [0.2, 0.25) is 8.67 Å². The molecule has 2 aromatic heterocycles. The molecular formula is C10H6Cl2N2O4S2. The van der Waals surface area contributed by atoms with Crippen molar-refractivity contribution in [2.75, 3.05) is 4.72 Å². The molecule has 2 heterocycles. The van der Waals surface area contributed by atoms with Crippen molar-refractivity contribution >= 4 is 56.2 Å². The minimum absolute atomic E-state index is 0.0109. The van der Waals surface area contributed by atoms with Crippen LogP contribution in [0.4, 0.5) is 5.69 Å². The smallest absolute Gasteiger partial charge is 0.356 e. The second-order valence-corrected chi connectivity index (χ2v) is 7.44. The van der Waals surface area contributed by atoms with Crippen LogP contribution in [-0.2, 0) is 10.0 Å². The number of carboxylic acids is 1. The number of sulfonamides is 1. The maximum atomic E-state index is 12.1. The third-order valence-electron chi connectivity index (χ3n) is 2.17. The Hall–Kier alpha value is -1.35. The highest BCUT2D eigenvalue weighted by atomic mass is 35.5. The van der Waals surface area contributed by atoms with Gasteiger partial charge in [0.15, 0.2) is 5.69 Å². The van der Waals surface area contributed by atoms with Crippen LogP contribution in [0.1, 0.15) is 10.5 Å². The SMILES string of the molecule is O=C(O)c1ncccc1NS(=O)(=O)c1cc(Cl)sc1Cl. The molecule has 0 atom stereocenters. The largest absolute Gasteiger partial charge is 0.476 e. The van der Waals surface area contributed by atoms with Crippen LogP contribution >= 0.6 is 34.5 Å². The molecule has 0 aliphatic rings. The average Bonchev–Trinajstić information content (AvgIpc) is 2.69. The first-order valence-electron chi connectivity index (χ1n) is 4.97. The first-order chi connectivity index (χ1) is 9.31. The molecule has 0 radical (unpaired) electrons. The standard InChI is InChI=1S/C10H6Cl2N2O4S2/c11-7-4-6(9(12)19-7)20(17,18)14-5-2-1-3-13-8(5)10(15)16/h1-4,14H,(H,15,16). The van der Waals surface area contributed by atoms with Crippen LogP contribution in [0.15, 0.2) is 29.3 Å². The second kappa shape index (κ2) is 5.57. The van der Waals surface area contributed by atoms with Gasteiger partial charge in [0.2, 0.25) is 0 Å². The molecule has 0 saturated carbocycles. The number of thiophene rings is 1. The predicted octanol–water partition coefficient (Wildman–Crippen LogP) is 2.95. The molecule has 0 unspecified atom stereocenters. The molecule has 20 heavy (non-hydrogen) atoms. The van der Waals surface area contributed by atoms with E-state index in [1.165, 1.54) is 24.4 Å². The summed E-state index contributed by atoms with van der Waals surface area (Å²) in [7, 11) is -4.04. The first kappa shape index (κ1) is 15.0. The molecule has 0 spiro atoms. The number of carbonyl (C=O) groups is 1. The Labute approximate surface area is 128 Å². The van der Waals surface area contributed by atoms with Gasteiger partial charge in [-0.2, -0.15) is 0 Å². The Morgan fingerprint density at radius 1 is 1.40 bits per heavy atom. The Bertz CT molecular complexity index is 773. The quantitative estimate of drug-likeness (QED) is 0.881. The Morgan fingerprint density at radius 2 is 2.10 bits per heavy atom. The van der Waals surface area contributed by atoms with Crippen molar-refractivity contribution in [1.29, 1.82) is 0 Å². The molecule has 0 aliphatic carbocycles. The van der Waals surface area contributed by atoms with E-state index in [4.69, 9.17) is 28.3 Å². The number of hydrogen-bond acceptors (Lipinski definition) is 5. The maximum absolute atomic E-state index is 12.1. The van der Waals surface area contributed by atoms with Crippen molar-refractivity contribution in [2.45, 2.75) is 4.90 Å². The zero-order chi connectivity index (χ0) is 14.9. The van der Waals surface area contributed by atoms with E-state index in [9.17, 15) is 13.2 Å². The average molecular weight is 353 g/mol. The lowest BCUT2D eigenvalue weighted by Crippen LogP contribution is -2.16. The number of pyridine rings is 1. The second-order valence-electron chi connectivity index (χ2n) is 3.50. The summed E-state index contributed by atoms with van der Waals surface area (Å²) < 4.78 is 26.6. The molecule has 2 N–H and O–H groups in total. The zero-order valence-corrected chi connectivity index (χ0v) is 12.6. The normalized spacial score (nSPS) is 11.3. The van der Waals surface area contributed by atoms with Crippen LogP contribution in [0, 0.1) is 0 Å². The third kappa shape index (κ3) is 3.04. The van der Waals surface area contributed by atoms with E-state index in [1.54, 1.807) is 0 Å². The number of aromatic carboxylic acids is 1. The van der Waals surface area contributed by atoms with Gasteiger partial charge in [0, 0.05) is 6.20 Å². The van der Waals surface area contributed by atoms with Crippen molar-refractivity contribution in [3.63, 3.8) is 0 Å². The van der Waals surface area contributed by atoms with Crippen molar-refractivity contribution in [1.82, 2.24) is 4.98 Å². The minimum Gasteiger partial charge on any atom is -0.476 e. The number of aromatic nitrogens is 1. The molecule has 2 rings (SSSR count). The highest BCUT2D eigenvalue weighted by molar-refractivity contribution is 7.93. The van der Waals surface area contributed by atoms with Gasteiger partial charge in [0.25, 0.3) is 10.0 Å². The monoisotopic (exact) mass is 352 g/mol. The van der Waals surface area contributed by atoms with Gasteiger partial charge < -0.3 is 5.11 Å². The van der Waals surface area contributed by atoms with Gasteiger partial charge in [-0.1, -0.05) is 23.2 Å². The van der Waals surface area contributed by atoms with Crippen LogP contribution in [-0.4, -0.2) is 24.5 Å². The highest BCUT2D eigenvalue weighted by Gasteiger charge is 2.23. The summed E-state index contributed by atoms with van der Waals surface area (Å²) in [6, 6.07) is 3.88. The van der Waals surface area contributed by atoms with Gasteiger partial charge in [-0.15, -0.1) is 11.3 Å². The number of nitrogens with one attached hydrogen (secondary N) is 1. The van der Waals surface area contributed by atoms with Crippen molar-refractivity contribution in [2.24, 2.45) is 0 Å². The van der Waals surface area contributed by atoms with Gasteiger partial charge in [0.05, 0.1) is 10.0 Å². The van der Waals surface area contributed by atoms with Crippen LogP contribution in [0.5, 0.6) is 0 Å². The zero-order valence-electron chi connectivity index (χ0n) is 9.50. The number of hydrogen-bond donors (Lipinski definition) is 2. The van der Waals surface area contributed by atoms with Crippen LogP contribution < -0.4 is 4.72 Å². The summed E-state index contributed by atoms with van der Waals surface area (Å²) in [5.41, 5.74) is -0.563. The van der Waals surface area contributed by atoms with Gasteiger partial charge in [-0.05, 0) is 18.2 Å². The number of rotatable bonds is 4. The Morgan fingerprint density at radius 3 is 2.65 bits per heavy atom. The predicted molar refractivity (Wildman–Crippen MR) is 76.3 cm³/mol. The van der Waals surface area contributed by atoms with Crippen molar-refractivity contribution in [3.8, 4) is 0 Å². The maximum Gasteiger partial charge on any atom is 0.356 e. The summed E-state index contributed by atoms with van der Waals surface area (Å²) >= 11 is 12.4. The van der Waals surface area contributed by atoms with Gasteiger partial charge in [-0.25, -0.2) is 18.2 Å². The molecule has 0 amide bonds. The molecule has 0 fully saturated rings. The molecule has 106 valence electrons. The van der Waals surface area contributed by atoms with E-state index in [0.29, 0.717) is 0 Å². The fourth-order valence-electron chi connectivity index (χ4n) is 1.37. The number of anilines is 1. The molecule has 0 bridgehead atoms. The fourth-order valence-corrected chi connectivity index (χ4v) is 4.58. The minimum atomic E-state index is -4.04. The summed E-state index contributed by atoms with van der Waals surface area (Å²) in [4.78, 5) is 14.4. The van der Waals surface area contributed by atoms with Gasteiger partial charge in [0.1, 0.15) is 9.23 Å². The van der Waals surface area contributed by atoms with E-state index >= 15 is 0 Å². The Kier molecular flexibility index (Phi) is 4.19. The molecule has 2 aromatic rings. The van der Waals surface area contributed by atoms with Crippen molar-refractivity contribution in [3.05, 3.63) is 38.8 Å². The van der Waals surface area contributed by atoms with E-state index in [2.05, 4.69) is 9.71 Å². The first-order valence-corrected chi connectivity index (χ1v) is 8.03. The molecule has 10 heteroatoms.